The Labute approximate surface area is 181 Å². The number of aryl methyl sites for hydroxylation is 3. The highest BCUT2D eigenvalue weighted by Gasteiger charge is 2.27. The largest absolute Gasteiger partial charge is 0.425 e. The van der Waals surface area contributed by atoms with Crippen LogP contribution in [0, 0.1) is 12.7 Å². The Morgan fingerprint density at radius 2 is 1.94 bits per heavy atom. The van der Waals surface area contributed by atoms with Gasteiger partial charge in [0.05, 0.1) is 5.69 Å². The minimum Gasteiger partial charge on any atom is -0.425 e. The fourth-order valence-electron chi connectivity index (χ4n) is 4.00. The van der Waals surface area contributed by atoms with Crippen LogP contribution < -0.4 is 0 Å². The van der Waals surface area contributed by atoms with Crippen molar-refractivity contribution in [2.45, 2.75) is 58.9 Å². The second-order valence-electron chi connectivity index (χ2n) is 8.04. The molecule has 0 spiro atoms. The molecule has 8 heteroatoms. The van der Waals surface area contributed by atoms with E-state index in [1.807, 2.05) is 24.8 Å². The van der Waals surface area contributed by atoms with Gasteiger partial charge in [0.25, 0.3) is 0 Å². The Balaban J connectivity index is 1.41. The number of nitrogens with zero attached hydrogens (tertiary/aromatic N) is 5. The van der Waals surface area contributed by atoms with Crippen LogP contribution in [0.2, 0.25) is 0 Å². The molecule has 164 valence electrons. The van der Waals surface area contributed by atoms with Crippen molar-refractivity contribution in [2.24, 2.45) is 0 Å². The van der Waals surface area contributed by atoms with E-state index < -0.39 is 0 Å². The van der Waals surface area contributed by atoms with Crippen molar-refractivity contribution >= 4 is 5.91 Å². The SMILES string of the molecule is CCc1nnc(C2CCN(C(=O)Cn3nc(-c4ccc(F)c(C)c4)cc3CC)CC2)o1. The van der Waals surface area contributed by atoms with E-state index in [0.717, 1.165) is 42.6 Å². The lowest BCUT2D eigenvalue weighted by atomic mass is 9.97. The van der Waals surface area contributed by atoms with Gasteiger partial charge in [0.2, 0.25) is 17.7 Å². The molecule has 1 fully saturated rings. The van der Waals surface area contributed by atoms with Crippen molar-refractivity contribution in [1.82, 2.24) is 24.9 Å². The standard InChI is InChI=1S/C23H28FN5O2/c1-4-18-13-20(17-6-7-19(24)15(3)12-17)27-29(18)14-22(30)28-10-8-16(9-11-28)23-26-25-21(5-2)31-23/h6-7,12-13,16H,4-5,8-11,14H2,1-3H3. The third-order valence-corrected chi connectivity index (χ3v) is 5.95. The molecule has 4 rings (SSSR count). The summed E-state index contributed by atoms with van der Waals surface area (Å²) in [4.78, 5) is 14.8. The summed E-state index contributed by atoms with van der Waals surface area (Å²) in [6, 6.07) is 6.95. The Morgan fingerprint density at radius 1 is 1.16 bits per heavy atom. The first kappa shape index (κ1) is 21.2. The van der Waals surface area contributed by atoms with Gasteiger partial charge >= 0.3 is 0 Å². The van der Waals surface area contributed by atoms with E-state index in [1.54, 1.807) is 23.7 Å². The van der Waals surface area contributed by atoms with Crippen LogP contribution in [0.25, 0.3) is 11.3 Å². The summed E-state index contributed by atoms with van der Waals surface area (Å²) >= 11 is 0. The number of carbonyl (C=O) groups excluding carboxylic acids is 1. The lowest BCUT2D eigenvalue weighted by Gasteiger charge is -2.30. The van der Waals surface area contributed by atoms with Crippen LogP contribution in [0.5, 0.6) is 0 Å². The number of hydrogen-bond donors (Lipinski definition) is 0. The van der Waals surface area contributed by atoms with Crippen LogP contribution in [-0.4, -0.2) is 43.9 Å². The number of aromatic nitrogens is 4. The smallest absolute Gasteiger partial charge is 0.244 e. The number of likely N-dealkylation sites (tertiary alicyclic amines) is 1. The minimum absolute atomic E-state index is 0.0536. The molecule has 1 aromatic carbocycles. The molecule has 0 unspecified atom stereocenters. The van der Waals surface area contributed by atoms with E-state index in [1.165, 1.54) is 6.07 Å². The zero-order valence-electron chi connectivity index (χ0n) is 18.3. The summed E-state index contributed by atoms with van der Waals surface area (Å²) < 4.78 is 21.1. The van der Waals surface area contributed by atoms with Crippen molar-refractivity contribution in [3.05, 3.63) is 53.1 Å². The summed E-state index contributed by atoms with van der Waals surface area (Å²) in [6.45, 7) is 7.30. The maximum Gasteiger partial charge on any atom is 0.244 e. The predicted molar refractivity (Wildman–Crippen MR) is 114 cm³/mol. The van der Waals surface area contributed by atoms with Gasteiger partial charge in [-0.2, -0.15) is 5.10 Å². The van der Waals surface area contributed by atoms with Crippen LogP contribution in [0.15, 0.2) is 28.7 Å². The molecule has 31 heavy (non-hydrogen) atoms. The molecule has 0 aliphatic carbocycles. The van der Waals surface area contributed by atoms with Crippen molar-refractivity contribution in [1.29, 1.82) is 0 Å². The van der Waals surface area contributed by atoms with Crippen LogP contribution in [0.1, 0.15) is 55.6 Å². The first-order valence-electron chi connectivity index (χ1n) is 10.9. The first-order valence-corrected chi connectivity index (χ1v) is 10.9. The zero-order chi connectivity index (χ0) is 22.0. The summed E-state index contributed by atoms with van der Waals surface area (Å²) in [5.41, 5.74) is 3.18. The second kappa shape index (κ2) is 8.99. The lowest BCUT2D eigenvalue weighted by Crippen LogP contribution is -2.40. The Kier molecular flexibility index (Phi) is 6.15. The normalized spacial score (nSPS) is 14.9. The zero-order valence-corrected chi connectivity index (χ0v) is 18.3. The summed E-state index contributed by atoms with van der Waals surface area (Å²) in [7, 11) is 0. The highest BCUT2D eigenvalue weighted by Crippen LogP contribution is 2.27. The van der Waals surface area contributed by atoms with Gasteiger partial charge in [-0.15, -0.1) is 10.2 Å². The summed E-state index contributed by atoms with van der Waals surface area (Å²) in [6.07, 6.45) is 3.13. The average molecular weight is 426 g/mol. The third kappa shape index (κ3) is 4.52. The van der Waals surface area contributed by atoms with Crippen LogP contribution in [-0.2, 0) is 24.2 Å². The monoisotopic (exact) mass is 425 g/mol. The van der Waals surface area contributed by atoms with Gasteiger partial charge in [-0.05, 0) is 56.0 Å². The fourth-order valence-corrected chi connectivity index (χ4v) is 4.00. The Bertz CT molecular complexity index is 1070. The van der Waals surface area contributed by atoms with Gasteiger partial charge < -0.3 is 9.32 Å². The van der Waals surface area contributed by atoms with Crippen LogP contribution in [0.4, 0.5) is 4.39 Å². The van der Waals surface area contributed by atoms with E-state index in [2.05, 4.69) is 15.3 Å². The van der Waals surface area contributed by atoms with Crippen LogP contribution in [0.3, 0.4) is 0 Å². The predicted octanol–water partition coefficient (Wildman–Crippen LogP) is 3.91. The number of carbonyl (C=O) groups is 1. The molecule has 3 aromatic rings. The van der Waals surface area contributed by atoms with Crippen molar-refractivity contribution < 1.29 is 13.6 Å². The molecule has 0 bridgehead atoms. The first-order chi connectivity index (χ1) is 15.0. The van der Waals surface area contributed by atoms with Gasteiger partial charge in [0.15, 0.2) is 0 Å². The van der Waals surface area contributed by atoms with E-state index in [4.69, 9.17) is 4.42 Å². The van der Waals surface area contributed by atoms with Crippen molar-refractivity contribution in [3.8, 4) is 11.3 Å². The maximum absolute atomic E-state index is 13.6. The third-order valence-electron chi connectivity index (χ3n) is 5.95. The molecular weight excluding hydrogens is 397 g/mol. The number of hydrogen-bond acceptors (Lipinski definition) is 5. The van der Waals surface area contributed by atoms with Gasteiger partial charge in [0, 0.05) is 36.7 Å². The molecule has 7 nitrogen and oxygen atoms in total. The highest BCUT2D eigenvalue weighted by atomic mass is 19.1. The molecular formula is C23H28FN5O2. The maximum atomic E-state index is 13.6. The van der Waals surface area contributed by atoms with E-state index in [-0.39, 0.29) is 24.2 Å². The van der Waals surface area contributed by atoms with Crippen molar-refractivity contribution in [2.75, 3.05) is 13.1 Å². The molecule has 0 saturated carbocycles. The molecule has 1 amide bonds. The topological polar surface area (TPSA) is 77.1 Å². The number of piperidine rings is 1. The van der Waals surface area contributed by atoms with E-state index in [9.17, 15) is 9.18 Å². The van der Waals surface area contributed by atoms with E-state index in [0.29, 0.717) is 30.4 Å². The highest BCUT2D eigenvalue weighted by molar-refractivity contribution is 5.76. The van der Waals surface area contributed by atoms with Gasteiger partial charge in [-0.3, -0.25) is 9.48 Å². The number of amides is 1. The molecule has 1 aliphatic heterocycles. The molecule has 2 aromatic heterocycles. The molecule has 1 aliphatic rings. The molecule has 0 radical (unpaired) electrons. The molecule has 1 saturated heterocycles. The van der Waals surface area contributed by atoms with Crippen molar-refractivity contribution in [3.63, 3.8) is 0 Å². The fraction of sp³-hybridized carbons (Fsp3) is 0.478. The minimum atomic E-state index is -0.232. The van der Waals surface area contributed by atoms with Gasteiger partial charge in [0.1, 0.15) is 12.4 Å². The molecule has 3 heterocycles. The van der Waals surface area contributed by atoms with Crippen LogP contribution >= 0.6 is 0 Å². The number of benzene rings is 1. The number of rotatable bonds is 6. The number of halogens is 1. The van der Waals surface area contributed by atoms with E-state index >= 15 is 0 Å². The van der Waals surface area contributed by atoms with Gasteiger partial charge in [-0.25, -0.2) is 4.39 Å². The Hall–Kier alpha value is -3.03. The van der Waals surface area contributed by atoms with Gasteiger partial charge in [-0.1, -0.05) is 13.8 Å². The second-order valence-corrected chi connectivity index (χ2v) is 8.04. The summed E-state index contributed by atoms with van der Waals surface area (Å²) in [5, 5.41) is 12.8. The lowest BCUT2D eigenvalue weighted by molar-refractivity contribution is -0.133. The quantitative estimate of drug-likeness (QED) is 0.598. The average Bonchev–Trinajstić information content (AvgIpc) is 3.43. The summed E-state index contributed by atoms with van der Waals surface area (Å²) in [5.74, 6) is 1.37. The Morgan fingerprint density at radius 3 is 2.58 bits per heavy atom. The molecule has 0 N–H and O–H groups in total. The molecule has 0 atom stereocenters.